The Morgan fingerprint density at radius 3 is 2.25 bits per heavy atom. The number of benzene rings is 1. The molecule has 0 bridgehead atoms. The maximum atomic E-state index is 13.2. The van der Waals surface area contributed by atoms with Crippen molar-refractivity contribution in [3.63, 3.8) is 0 Å². The predicted molar refractivity (Wildman–Crippen MR) is 106 cm³/mol. The molecule has 0 saturated heterocycles. The Hall–Kier alpha value is -3.02. The standard InChI is InChI=1S/C22H26O6/c1-5-14-19(26)18(20(27)22(6-2,7-3)21(14)28-4)16(24)11-9-13-8-10-15(23)17(25)12-13/h8-12,23,25-26H,5-7H2,1-4H3/b11-9+. The van der Waals surface area contributed by atoms with Crippen molar-refractivity contribution in [2.45, 2.75) is 40.0 Å². The number of phenolic OH excluding ortho intramolecular Hbond substituents is 2. The first-order valence-corrected chi connectivity index (χ1v) is 9.27. The maximum Gasteiger partial charge on any atom is 0.193 e. The maximum absolute atomic E-state index is 13.2. The summed E-state index contributed by atoms with van der Waals surface area (Å²) >= 11 is 0. The third-order valence-electron chi connectivity index (χ3n) is 5.33. The highest BCUT2D eigenvalue weighted by Gasteiger charge is 2.49. The van der Waals surface area contributed by atoms with Gasteiger partial charge in [-0.3, -0.25) is 9.59 Å². The summed E-state index contributed by atoms with van der Waals surface area (Å²) in [6.07, 6.45) is 3.88. The van der Waals surface area contributed by atoms with Crippen LogP contribution in [0, 0.1) is 5.41 Å². The lowest BCUT2D eigenvalue weighted by Crippen LogP contribution is -2.40. The van der Waals surface area contributed by atoms with Gasteiger partial charge in [-0.2, -0.15) is 0 Å². The fourth-order valence-electron chi connectivity index (χ4n) is 3.66. The second-order valence-corrected chi connectivity index (χ2v) is 6.65. The van der Waals surface area contributed by atoms with Crippen LogP contribution in [0.15, 0.2) is 46.9 Å². The zero-order valence-electron chi connectivity index (χ0n) is 16.6. The zero-order chi connectivity index (χ0) is 21.1. The summed E-state index contributed by atoms with van der Waals surface area (Å²) in [5.74, 6) is -1.58. The smallest absolute Gasteiger partial charge is 0.193 e. The molecule has 150 valence electrons. The Morgan fingerprint density at radius 1 is 1.11 bits per heavy atom. The average Bonchev–Trinajstić information content (AvgIpc) is 2.68. The van der Waals surface area contributed by atoms with Crippen LogP contribution in [-0.2, 0) is 14.3 Å². The van der Waals surface area contributed by atoms with Crippen LogP contribution < -0.4 is 0 Å². The molecular weight excluding hydrogens is 360 g/mol. The fourth-order valence-corrected chi connectivity index (χ4v) is 3.66. The van der Waals surface area contributed by atoms with E-state index in [1.807, 2.05) is 20.8 Å². The van der Waals surface area contributed by atoms with Gasteiger partial charge in [0.15, 0.2) is 23.1 Å². The number of ketones is 2. The summed E-state index contributed by atoms with van der Waals surface area (Å²) in [6.45, 7) is 5.54. The molecule has 0 amide bonds. The van der Waals surface area contributed by atoms with Crippen LogP contribution in [0.1, 0.15) is 45.6 Å². The number of methoxy groups -OCH3 is 1. The Labute approximate surface area is 164 Å². The van der Waals surface area contributed by atoms with Crippen molar-refractivity contribution in [2.24, 2.45) is 5.41 Å². The number of carbonyl (C=O) groups excluding carboxylic acids is 2. The summed E-state index contributed by atoms with van der Waals surface area (Å²) in [7, 11) is 1.47. The van der Waals surface area contributed by atoms with Gasteiger partial charge in [0.1, 0.15) is 17.1 Å². The molecule has 0 unspecified atom stereocenters. The monoisotopic (exact) mass is 386 g/mol. The van der Waals surface area contributed by atoms with E-state index >= 15 is 0 Å². The second kappa shape index (κ2) is 8.33. The predicted octanol–water partition coefficient (Wildman–Crippen LogP) is 4.19. The number of aliphatic hydroxyl groups is 1. The van der Waals surface area contributed by atoms with Crippen molar-refractivity contribution >= 4 is 17.6 Å². The minimum Gasteiger partial charge on any atom is -0.507 e. The number of hydrogen-bond donors (Lipinski definition) is 3. The molecular formula is C22H26O6. The highest BCUT2D eigenvalue weighted by Crippen LogP contribution is 2.46. The van der Waals surface area contributed by atoms with Crippen molar-refractivity contribution in [1.29, 1.82) is 0 Å². The Bertz CT molecular complexity index is 884. The van der Waals surface area contributed by atoms with Crippen molar-refractivity contribution < 1.29 is 29.6 Å². The van der Waals surface area contributed by atoms with E-state index in [0.29, 0.717) is 36.2 Å². The number of ether oxygens (including phenoxy) is 1. The lowest BCUT2D eigenvalue weighted by atomic mass is 9.68. The second-order valence-electron chi connectivity index (χ2n) is 6.65. The molecule has 0 radical (unpaired) electrons. The van der Waals surface area contributed by atoms with Crippen molar-refractivity contribution in [3.8, 4) is 11.5 Å². The van der Waals surface area contributed by atoms with Gasteiger partial charge in [-0.1, -0.05) is 32.9 Å². The van der Waals surface area contributed by atoms with Crippen LogP contribution in [-0.4, -0.2) is 34.0 Å². The van der Waals surface area contributed by atoms with Crippen LogP contribution in [0.4, 0.5) is 0 Å². The topological polar surface area (TPSA) is 104 Å². The van der Waals surface area contributed by atoms with Crippen LogP contribution >= 0.6 is 0 Å². The molecule has 2 rings (SSSR count). The van der Waals surface area contributed by atoms with E-state index in [0.717, 1.165) is 0 Å². The molecule has 1 aliphatic carbocycles. The van der Waals surface area contributed by atoms with E-state index in [1.165, 1.54) is 37.5 Å². The molecule has 1 aromatic carbocycles. The first-order chi connectivity index (χ1) is 13.3. The van der Waals surface area contributed by atoms with Crippen molar-refractivity contribution in [2.75, 3.05) is 7.11 Å². The highest BCUT2D eigenvalue weighted by molar-refractivity contribution is 6.28. The number of phenols is 2. The average molecular weight is 386 g/mol. The molecule has 0 spiro atoms. The molecule has 6 heteroatoms. The van der Waals surface area contributed by atoms with Crippen molar-refractivity contribution in [1.82, 2.24) is 0 Å². The molecule has 0 saturated carbocycles. The van der Waals surface area contributed by atoms with Crippen LogP contribution in [0.25, 0.3) is 6.08 Å². The minimum atomic E-state index is -0.984. The van der Waals surface area contributed by atoms with E-state index in [-0.39, 0.29) is 22.8 Å². The number of Topliss-reactive ketones (excluding diaryl/α,β-unsaturated/α-hetero) is 1. The molecule has 3 N–H and O–H groups in total. The molecule has 0 fully saturated rings. The number of aromatic hydroxyl groups is 2. The molecule has 6 nitrogen and oxygen atoms in total. The number of hydrogen-bond acceptors (Lipinski definition) is 6. The van der Waals surface area contributed by atoms with Crippen molar-refractivity contribution in [3.05, 3.63) is 52.5 Å². The Balaban J connectivity index is 2.53. The van der Waals surface area contributed by atoms with Gasteiger partial charge in [0.25, 0.3) is 0 Å². The van der Waals surface area contributed by atoms with Gasteiger partial charge < -0.3 is 20.1 Å². The normalized spacial score (nSPS) is 16.8. The van der Waals surface area contributed by atoms with Crippen LogP contribution in [0.5, 0.6) is 11.5 Å². The van der Waals surface area contributed by atoms with Gasteiger partial charge in [-0.05, 0) is 43.0 Å². The lowest BCUT2D eigenvalue weighted by molar-refractivity contribution is -0.128. The van der Waals surface area contributed by atoms with Gasteiger partial charge in [-0.15, -0.1) is 0 Å². The lowest BCUT2D eigenvalue weighted by Gasteiger charge is -2.37. The van der Waals surface area contributed by atoms with E-state index in [2.05, 4.69) is 0 Å². The summed E-state index contributed by atoms with van der Waals surface area (Å²) in [6, 6.07) is 4.10. The SMILES string of the molecule is CCC1=C(OC)C(CC)(CC)C(=O)C(C(=O)/C=C/c2ccc(O)c(O)c2)=C1O. The highest BCUT2D eigenvalue weighted by atomic mass is 16.5. The van der Waals surface area contributed by atoms with Gasteiger partial charge in [0.2, 0.25) is 0 Å². The van der Waals surface area contributed by atoms with Gasteiger partial charge in [0, 0.05) is 5.57 Å². The molecule has 0 heterocycles. The summed E-state index contributed by atoms with van der Waals surface area (Å²) < 4.78 is 5.50. The first kappa shape index (κ1) is 21.3. The summed E-state index contributed by atoms with van der Waals surface area (Å²) in [4.78, 5) is 26.1. The molecule has 0 aromatic heterocycles. The largest absolute Gasteiger partial charge is 0.507 e. The fraction of sp³-hybridized carbons (Fsp3) is 0.364. The van der Waals surface area contributed by atoms with Crippen LogP contribution in [0.3, 0.4) is 0 Å². The molecule has 28 heavy (non-hydrogen) atoms. The van der Waals surface area contributed by atoms with Crippen LogP contribution in [0.2, 0.25) is 0 Å². The number of allylic oxidation sites excluding steroid dienone is 4. The number of aliphatic hydroxyl groups excluding tert-OH is 1. The van der Waals surface area contributed by atoms with E-state index in [1.54, 1.807) is 0 Å². The van der Waals surface area contributed by atoms with Gasteiger partial charge in [-0.25, -0.2) is 0 Å². The molecule has 0 aliphatic heterocycles. The zero-order valence-corrected chi connectivity index (χ0v) is 16.6. The quantitative estimate of drug-likeness (QED) is 0.369. The number of rotatable bonds is 7. The summed E-state index contributed by atoms with van der Waals surface area (Å²) in [5.41, 5.74) is -0.305. The van der Waals surface area contributed by atoms with E-state index < -0.39 is 17.0 Å². The molecule has 1 aliphatic rings. The van der Waals surface area contributed by atoms with Gasteiger partial charge >= 0.3 is 0 Å². The third-order valence-corrected chi connectivity index (χ3v) is 5.33. The Morgan fingerprint density at radius 2 is 1.75 bits per heavy atom. The first-order valence-electron chi connectivity index (χ1n) is 9.27. The third kappa shape index (κ3) is 3.42. The summed E-state index contributed by atoms with van der Waals surface area (Å²) in [5, 5.41) is 29.6. The Kier molecular flexibility index (Phi) is 6.33. The minimum absolute atomic E-state index is 0.249. The molecule has 0 atom stereocenters. The van der Waals surface area contributed by atoms with E-state index in [9.17, 15) is 24.9 Å². The molecule has 1 aromatic rings. The van der Waals surface area contributed by atoms with E-state index in [4.69, 9.17) is 4.74 Å². The number of carbonyl (C=O) groups is 2. The van der Waals surface area contributed by atoms with Gasteiger partial charge in [0.05, 0.1) is 12.5 Å².